The van der Waals surface area contributed by atoms with Crippen molar-refractivity contribution >= 4 is 5.78 Å². The molecule has 0 heterocycles. The fourth-order valence-corrected chi connectivity index (χ4v) is 1.24. The Morgan fingerprint density at radius 3 is 2.00 bits per heavy atom. The van der Waals surface area contributed by atoms with E-state index in [9.17, 15) is 31.1 Å². The Balaban J connectivity index is 2.87. The predicted octanol–water partition coefficient (Wildman–Crippen LogP) is 3.35. The highest BCUT2D eigenvalue weighted by atomic mass is 19.4. The van der Waals surface area contributed by atoms with Crippen LogP contribution in [0.5, 0.6) is 0 Å². The summed E-state index contributed by atoms with van der Waals surface area (Å²) in [5.74, 6) is -2.56. The number of hydrogen-bond acceptors (Lipinski definition) is 2. The van der Waals surface area contributed by atoms with Crippen LogP contribution >= 0.6 is 0 Å². The Hall–Kier alpha value is -1.99. The number of allylic oxidation sites excluding steroid dienone is 2. The van der Waals surface area contributed by atoms with Gasteiger partial charge < -0.3 is 5.32 Å². The van der Waals surface area contributed by atoms with Crippen LogP contribution in [-0.4, -0.2) is 18.1 Å². The minimum atomic E-state index is -5.34. The summed E-state index contributed by atoms with van der Waals surface area (Å²) in [6.07, 6.45) is -10.9. The number of alkyl halides is 6. The topological polar surface area (TPSA) is 29.1 Å². The van der Waals surface area contributed by atoms with Crippen molar-refractivity contribution in [2.24, 2.45) is 0 Å². The van der Waals surface area contributed by atoms with Crippen LogP contribution in [0.25, 0.3) is 0 Å². The minimum absolute atomic E-state index is 0.350. The molecule has 0 radical (unpaired) electrons. The molecule has 0 aliphatic rings. The molecule has 110 valence electrons. The molecule has 0 bridgehead atoms. The van der Waals surface area contributed by atoms with Crippen molar-refractivity contribution in [1.29, 1.82) is 0 Å². The Bertz CT molecular complexity index is 489. The molecular formula is C12H9F6NO. The summed E-state index contributed by atoms with van der Waals surface area (Å²) < 4.78 is 73.5. The average Bonchev–Trinajstić information content (AvgIpc) is 2.32. The third-order valence-electron chi connectivity index (χ3n) is 2.19. The second kappa shape index (κ2) is 5.98. The lowest BCUT2D eigenvalue weighted by Gasteiger charge is -2.14. The van der Waals surface area contributed by atoms with Crippen molar-refractivity contribution in [3.63, 3.8) is 0 Å². The summed E-state index contributed by atoms with van der Waals surface area (Å²) >= 11 is 0. The van der Waals surface area contributed by atoms with Gasteiger partial charge in [0.05, 0.1) is 0 Å². The molecule has 0 spiro atoms. The standard InChI is InChI=1S/C12H9F6NO/c13-11(14,15)9(6-10(20)12(16,17)18)19-7-8-4-2-1-3-5-8/h1-6,19H,7H2/b9-6+. The third kappa shape index (κ3) is 4.94. The van der Waals surface area contributed by atoms with E-state index in [4.69, 9.17) is 0 Å². The minimum Gasteiger partial charge on any atom is -0.377 e. The fraction of sp³-hybridized carbons (Fsp3) is 0.250. The molecule has 1 N–H and O–H groups in total. The van der Waals surface area contributed by atoms with Crippen LogP contribution in [0.2, 0.25) is 0 Å². The zero-order valence-electron chi connectivity index (χ0n) is 9.85. The van der Waals surface area contributed by atoms with Gasteiger partial charge in [-0.3, -0.25) is 4.79 Å². The Morgan fingerprint density at radius 2 is 1.55 bits per heavy atom. The maximum atomic E-state index is 12.5. The van der Waals surface area contributed by atoms with Crippen LogP contribution in [-0.2, 0) is 11.3 Å². The molecule has 1 aromatic carbocycles. The SMILES string of the molecule is O=C(/C=C(/NCc1ccccc1)C(F)(F)F)C(F)(F)F. The lowest BCUT2D eigenvalue weighted by atomic mass is 10.2. The molecule has 0 saturated carbocycles. The second-order valence-electron chi connectivity index (χ2n) is 3.76. The molecular weight excluding hydrogens is 288 g/mol. The van der Waals surface area contributed by atoms with Gasteiger partial charge in [0, 0.05) is 12.6 Å². The number of benzene rings is 1. The van der Waals surface area contributed by atoms with E-state index in [-0.39, 0.29) is 6.54 Å². The zero-order valence-corrected chi connectivity index (χ0v) is 9.85. The number of hydrogen-bond donors (Lipinski definition) is 1. The van der Waals surface area contributed by atoms with Gasteiger partial charge in [0.15, 0.2) is 0 Å². The van der Waals surface area contributed by atoms with Crippen LogP contribution in [0.15, 0.2) is 42.1 Å². The van der Waals surface area contributed by atoms with E-state index >= 15 is 0 Å². The highest BCUT2D eigenvalue weighted by molar-refractivity contribution is 5.95. The number of nitrogens with one attached hydrogen (secondary N) is 1. The van der Waals surface area contributed by atoms with Gasteiger partial charge in [-0.2, -0.15) is 26.3 Å². The molecule has 1 rings (SSSR count). The number of carbonyl (C=O) groups is 1. The first kappa shape index (κ1) is 16.1. The Kier molecular flexibility index (Phi) is 4.80. The van der Waals surface area contributed by atoms with Gasteiger partial charge in [0.2, 0.25) is 0 Å². The van der Waals surface area contributed by atoms with Gasteiger partial charge in [0.25, 0.3) is 5.78 Å². The van der Waals surface area contributed by atoms with Crippen LogP contribution in [0.1, 0.15) is 5.56 Å². The number of carbonyl (C=O) groups excluding carboxylic acids is 1. The van der Waals surface area contributed by atoms with Crippen molar-refractivity contribution in [1.82, 2.24) is 5.32 Å². The van der Waals surface area contributed by atoms with Gasteiger partial charge in [-0.25, -0.2) is 0 Å². The summed E-state index contributed by atoms with van der Waals surface area (Å²) in [6.45, 7) is -0.350. The molecule has 2 nitrogen and oxygen atoms in total. The van der Waals surface area contributed by atoms with Crippen molar-refractivity contribution in [3.8, 4) is 0 Å². The smallest absolute Gasteiger partial charge is 0.377 e. The highest BCUT2D eigenvalue weighted by Crippen LogP contribution is 2.26. The molecule has 0 atom stereocenters. The first-order chi connectivity index (χ1) is 9.10. The quantitative estimate of drug-likeness (QED) is 0.682. The molecule has 0 fully saturated rings. The lowest BCUT2D eigenvalue weighted by molar-refractivity contribution is -0.166. The predicted molar refractivity (Wildman–Crippen MR) is 58.5 cm³/mol. The Labute approximate surface area is 110 Å². The summed E-state index contributed by atoms with van der Waals surface area (Å²) in [6, 6.07) is 7.75. The molecule has 0 unspecified atom stereocenters. The van der Waals surface area contributed by atoms with E-state index in [2.05, 4.69) is 0 Å². The van der Waals surface area contributed by atoms with Gasteiger partial charge in [-0.1, -0.05) is 30.3 Å². The first-order valence-electron chi connectivity index (χ1n) is 5.28. The normalized spacial score (nSPS) is 13.2. The van der Waals surface area contributed by atoms with Crippen molar-refractivity contribution in [2.75, 3.05) is 0 Å². The molecule has 1 aromatic rings. The summed E-state index contributed by atoms with van der Waals surface area (Å²) in [5, 5.41) is 1.79. The third-order valence-corrected chi connectivity index (χ3v) is 2.19. The second-order valence-corrected chi connectivity index (χ2v) is 3.76. The molecule has 20 heavy (non-hydrogen) atoms. The lowest BCUT2D eigenvalue weighted by Crippen LogP contribution is -2.30. The number of ketones is 1. The van der Waals surface area contributed by atoms with Gasteiger partial charge in [-0.05, 0) is 5.56 Å². The van der Waals surface area contributed by atoms with E-state index in [1.807, 2.05) is 0 Å². The summed E-state index contributed by atoms with van der Waals surface area (Å²) in [4.78, 5) is 10.6. The van der Waals surface area contributed by atoms with E-state index in [1.165, 1.54) is 12.1 Å². The monoisotopic (exact) mass is 297 g/mol. The van der Waals surface area contributed by atoms with Crippen LogP contribution in [0, 0.1) is 0 Å². The summed E-state index contributed by atoms with van der Waals surface area (Å²) in [7, 11) is 0. The van der Waals surface area contributed by atoms with Crippen LogP contribution in [0.4, 0.5) is 26.3 Å². The maximum absolute atomic E-state index is 12.5. The van der Waals surface area contributed by atoms with E-state index in [0.29, 0.717) is 5.56 Å². The molecule has 0 amide bonds. The fourth-order valence-electron chi connectivity index (χ4n) is 1.24. The van der Waals surface area contributed by atoms with Crippen molar-refractivity contribution < 1.29 is 31.1 Å². The van der Waals surface area contributed by atoms with Gasteiger partial charge in [-0.15, -0.1) is 0 Å². The van der Waals surface area contributed by atoms with E-state index in [1.54, 1.807) is 23.5 Å². The zero-order chi connectivity index (χ0) is 15.4. The molecule has 8 heteroatoms. The molecule has 0 aliphatic heterocycles. The maximum Gasteiger partial charge on any atom is 0.454 e. The molecule has 0 aliphatic carbocycles. The van der Waals surface area contributed by atoms with Crippen LogP contribution in [0.3, 0.4) is 0 Å². The van der Waals surface area contributed by atoms with Crippen LogP contribution < -0.4 is 5.32 Å². The number of rotatable bonds is 4. The first-order valence-corrected chi connectivity index (χ1v) is 5.28. The van der Waals surface area contributed by atoms with Crippen molar-refractivity contribution in [2.45, 2.75) is 18.9 Å². The highest BCUT2D eigenvalue weighted by Gasteiger charge is 2.41. The van der Waals surface area contributed by atoms with E-state index < -0.39 is 29.9 Å². The average molecular weight is 297 g/mol. The van der Waals surface area contributed by atoms with Crippen molar-refractivity contribution in [3.05, 3.63) is 47.7 Å². The summed E-state index contributed by atoms with van der Waals surface area (Å²) in [5.41, 5.74) is -1.30. The van der Waals surface area contributed by atoms with Gasteiger partial charge >= 0.3 is 12.4 Å². The Morgan fingerprint density at radius 1 is 1.00 bits per heavy atom. The molecule has 0 aromatic heterocycles. The largest absolute Gasteiger partial charge is 0.454 e. The van der Waals surface area contributed by atoms with Gasteiger partial charge in [0.1, 0.15) is 5.70 Å². The van der Waals surface area contributed by atoms with E-state index in [0.717, 1.165) is 0 Å². The number of halogens is 6. The molecule has 0 saturated heterocycles.